The molecular weight excluding hydrogens is 231 g/mol. The highest BCUT2D eigenvalue weighted by atomic mass is 19.1. The predicted molar refractivity (Wildman–Crippen MR) is 67.2 cm³/mol. The number of nitrogen functional groups attached to an aromatic ring is 1. The van der Waals surface area contributed by atoms with Crippen molar-refractivity contribution in [3.8, 4) is 11.4 Å². The number of rotatable bonds is 3. The number of hydrogen-bond donors (Lipinski definition) is 2. The van der Waals surface area contributed by atoms with Gasteiger partial charge >= 0.3 is 0 Å². The van der Waals surface area contributed by atoms with Crippen LogP contribution >= 0.6 is 0 Å². The van der Waals surface area contributed by atoms with Crippen LogP contribution in [0.3, 0.4) is 0 Å². The quantitative estimate of drug-likeness (QED) is 0.643. The number of aromatic nitrogens is 2. The van der Waals surface area contributed by atoms with Crippen LogP contribution in [0.1, 0.15) is 24.5 Å². The summed E-state index contributed by atoms with van der Waals surface area (Å²) in [5.74, 6) is 6.82. The highest BCUT2D eigenvalue weighted by Gasteiger charge is 2.26. The minimum absolute atomic E-state index is 0.269. The Bertz CT molecular complexity index is 564. The summed E-state index contributed by atoms with van der Waals surface area (Å²) in [6.45, 7) is 0. The van der Waals surface area contributed by atoms with Crippen LogP contribution in [0.25, 0.3) is 11.4 Å². The zero-order chi connectivity index (χ0) is 12.5. The topological polar surface area (TPSA) is 63.8 Å². The highest BCUT2D eigenvalue weighted by Crippen LogP contribution is 2.40. The molecule has 1 heterocycles. The third-order valence-electron chi connectivity index (χ3n) is 2.99. The first-order valence-electron chi connectivity index (χ1n) is 5.88. The third-order valence-corrected chi connectivity index (χ3v) is 2.99. The van der Waals surface area contributed by atoms with Gasteiger partial charge in [0.1, 0.15) is 11.6 Å². The van der Waals surface area contributed by atoms with Gasteiger partial charge in [-0.05, 0) is 37.1 Å². The maximum absolute atomic E-state index is 12.9. The number of anilines is 1. The monoisotopic (exact) mass is 244 g/mol. The number of hydrazine groups is 1. The fourth-order valence-corrected chi connectivity index (χ4v) is 1.86. The fraction of sp³-hybridized carbons (Fsp3) is 0.231. The average molecular weight is 244 g/mol. The van der Waals surface area contributed by atoms with Gasteiger partial charge in [0.05, 0.1) is 0 Å². The molecule has 1 aliphatic rings. The van der Waals surface area contributed by atoms with Crippen molar-refractivity contribution in [2.24, 2.45) is 5.84 Å². The lowest BCUT2D eigenvalue weighted by Crippen LogP contribution is -2.10. The molecule has 5 heteroatoms. The number of hydrogen-bond acceptors (Lipinski definition) is 4. The standard InChI is InChI=1S/C13H13FN4/c14-10-5-3-9(4-6-10)13-16-11(8-1-2-8)7-12(17-13)18-15/h3-8H,1-2,15H2,(H,16,17,18). The summed E-state index contributed by atoms with van der Waals surface area (Å²) >= 11 is 0. The Morgan fingerprint density at radius 3 is 2.50 bits per heavy atom. The number of nitrogens with two attached hydrogens (primary N) is 1. The van der Waals surface area contributed by atoms with Crippen molar-refractivity contribution in [3.63, 3.8) is 0 Å². The molecular formula is C13H13FN4. The first-order valence-corrected chi connectivity index (χ1v) is 5.88. The van der Waals surface area contributed by atoms with Gasteiger partial charge in [-0.25, -0.2) is 20.2 Å². The second-order valence-electron chi connectivity index (χ2n) is 4.43. The van der Waals surface area contributed by atoms with Crippen molar-refractivity contribution < 1.29 is 4.39 Å². The number of nitrogens with one attached hydrogen (secondary N) is 1. The van der Waals surface area contributed by atoms with E-state index in [0.717, 1.165) is 24.1 Å². The lowest BCUT2D eigenvalue weighted by molar-refractivity contribution is 0.628. The van der Waals surface area contributed by atoms with Crippen molar-refractivity contribution in [3.05, 3.63) is 41.8 Å². The van der Waals surface area contributed by atoms with Crippen LogP contribution in [0, 0.1) is 5.82 Å². The van der Waals surface area contributed by atoms with Gasteiger partial charge in [-0.3, -0.25) is 0 Å². The second kappa shape index (κ2) is 4.34. The van der Waals surface area contributed by atoms with Gasteiger partial charge in [0.25, 0.3) is 0 Å². The van der Waals surface area contributed by atoms with E-state index < -0.39 is 0 Å². The zero-order valence-electron chi connectivity index (χ0n) is 9.73. The minimum atomic E-state index is -0.269. The van der Waals surface area contributed by atoms with E-state index in [-0.39, 0.29) is 5.82 Å². The van der Waals surface area contributed by atoms with Crippen LogP contribution in [-0.2, 0) is 0 Å². The molecule has 4 nitrogen and oxygen atoms in total. The summed E-state index contributed by atoms with van der Waals surface area (Å²) in [7, 11) is 0. The summed E-state index contributed by atoms with van der Waals surface area (Å²) in [5.41, 5.74) is 4.33. The smallest absolute Gasteiger partial charge is 0.161 e. The van der Waals surface area contributed by atoms with Crippen LogP contribution in [0.2, 0.25) is 0 Å². The Hall–Kier alpha value is -2.01. The van der Waals surface area contributed by atoms with Gasteiger partial charge in [0, 0.05) is 23.2 Å². The zero-order valence-corrected chi connectivity index (χ0v) is 9.73. The van der Waals surface area contributed by atoms with Gasteiger partial charge in [0.15, 0.2) is 5.82 Å². The van der Waals surface area contributed by atoms with Gasteiger partial charge < -0.3 is 5.43 Å². The van der Waals surface area contributed by atoms with Crippen LogP contribution < -0.4 is 11.3 Å². The lowest BCUT2D eigenvalue weighted by atomic mass is 10.2. The molecule has 18 heavy (non-hydrogen) atoms. The van der Waals surface area contributed by atoms with Crippen molar-refractivity contribution in [1.82, 2.24) is 9.97 Å². The SMILES string of the molecule is NNc1cc(C2CC2)nc(-c2ccc(F)cc2)n1. The maximum atomic E-state index is 12.9. The molecule has 3 N–H and O–H groups in total. The molecule has 3 rings (SSSR count). The molecule has 1 aromatic carbocycles. The summed E-state index contributed by atoms with van der Waals surface area (Å²) < 4.78 is 12.9. The summed E-state index contributed by atoms with van der Waals surface area (Å²) in [4.78, 5) is 8.81. The largest absolute Gasteiger partial charge is 0.308 e. The summed E-state index contributed by atoms with van der Waals surface area (Å²) in [6, 6.07) is 8.00. The lowest BCUT2D eigenvalue weighted by Gasteiger charge is -2.07. The first kappa shape index (κ1) is 11.1. The third kappa shape index (κ3) is 2.17. The van der Waals surface area contributed by atoms with Gasteiger partial charge in [0.2, 0.25) is 0 Å². The summed E-state index contributed by atoms with van der Waals surface area (Å²) in [5, 5.41) is 0. The number of benzene rings is 1. The molecule has 1 aromatic heterocycles. The molecule has 1 saturated carbocycles. The molecule has 0 radical (unpaired) electrons. The number of nitrogens with zero attached hydrogens (tertiary/aromatic N) is 2. The molecule has 0 atom stereocenters. The summed E-state index contributed by atoms with van der Waals surface area (Å²) in [6.07, 6.45) is 2.31. The molecule has 92 valence electrons. The molecule has 0 bridgehead atoms. The van der Waals surface area contributed by atoms with E-state index >= 15 is 0 Å². The van der Waals surface area contributed by atoms with Crippen molar-refractivity contribution in [2.45, 2.75) is 18.8 Å². The fourth-order valence-electron chi connectivity index (χ4n) is 1.86. The second-order valence-corrected chi connectivity index (χ2v) is 4.43. The van der Waals surface area contributed by atoms with Gasteiger partial charge in [-0.15, -0.1) is 0 Å². The Labute approximate surface area is 104 Å². The molecule has 0 unspecified atom stereocenters. The Morgan fingerprint density at radius 2 is 1.89 bits per heavy atom. The predicted octanol–water partition coefficient (Wildman–Crippen LogP) is 2.45. The van der Waals surface area contributed by atoms with Crippen LogP contribution in [-0.4, -0.2) is 9.97 Å². The van der Waals surface area contributed by atoms with Crippen molar-refractivity contribution >= 4 is 5.82 Å². The van der Waals surface area contributed by atoms with Crippen LogP contribution in [0.15, 0.2) is 30.3 Å². The van der Waals surface area contributed by atoms with E-state index in [0.29, 0.717) is 17.6 Å². The molecule has 0 saturated heterocycles. The van der Waals surface area contributed by atoms with E-state index in [1.807, 2.05) is 6.07 Å². The molecule has 1 fully saturated rings. The van der Waals surface area contributed by atoms with Crippen molar-refractivity contribution in [1.29, 1.82) is 0 Å². The van der Waals surface area contributed by atoms with Gasteiger partial charge in [-0.1, -0.05) is 0 Å². The van der Waals surface area contributed by atoms with E-state index in [1.54, 1.807) is 12.1 Å². The molecule has 2 aromatic rings. The Balaban J connectivity index is 2.04. The normalized spacial score (nSPS) is 14.6. The first-order chi connectivity index (χ1) is 8.76. The minimum Gasteiger partial charge on any atom is -0.308 e. The molecule has 1 aliphatic carbocycles. The number of halogens is 1. The highest BCUT2D eigenvalue weighted by molar-refractivity contribution is 5.57. The van der Waals surface area contributed by atoms with E-state index in [2.05, 4.69) is 15.4 Å². The van der Waals surface area contributed by atoms with E-state index in [1.165, 1.54) is 12.1 Å². The maximum Gasteiger partial charge on any atom is 0.161 e. The van der Waals surface area contributed by atoms with Crippen LogP contribution in [0.4, 0.5) is 10.2 Å². The van der Waals surface area contributed by atoms with E-state index in [9.17, 15) is 4.39 Å². The Morgan fingerprint density at radius 1 is 1.17 bits per heavy atom. The Kier molecular flexibility index (Phi) is 2.68. The molecule has 0 aliphatic heterocycles. The molecule has 0 amide bonds. The van der Waals surface area contributed by atoms with E-state index in [4.69, 9.17) is 5.84 Å². The average Bonchev–Trinajstić information content (AvgIpc) is 3.23. The van der Waals surface area contributed by atoms with Gasteiger partial charge in [-0.2, -0.15) is 0 Å². The van der Waals surface area contributed by atoms with Crippen LogP contribution in [0.5, 0.6) is 0 Å². The van der Waals surface area contributed by atoms with Crippen molar-refractivity contribution in [2.75, 3.05) is 5.43 Å². The molecule has 0 spiro atoms.